The molecule has 0 bridgehead atoms. The third-order valence-corrected chi connectivity index (χ3v) is 1.49. The van der Waals surface area contributed by atoms with E-state index in [4.69, 9.17) is 9.47 Å². The normalized spacial score (nSPS) is 32.2. The largest absolute Gasteiger partial charge is 0.436 e. The summed E-state index contributed by atoms with van der Waals surface area (Å²) in [5.74, 6) is -0.265. The highest BCUT2D eigenvalue weighted by atomic mass is 16.7. The van der Waals surface area contributed by atoms with Crippen LogP contribution in [0.5, 0.6) is 0 Å². The van der Waals surface area contributed by atoms with E-state index in [0.29, 0.717) is 0 Å². The van der Waals surface area contributed by atoms with E-state index in [1.165, 1.54) is 6.92 Å². The van der Waals surface area contributed by atoms with Crippen LogP contribution in [-0.2, 0) is 14.3 Å². The van der Waals surface area contributed by atoms with E-state index >= 15 is 0 Å². The molecule has 1 aliphatic heterocycles. The number of rotatable bonds is 1. The van der Waals surface area contributed by atoms with Crippen molar-refractivity contribution in [2.75, 3.05) is 0 Å². The molecule has 0 aromatic rings. The molecule has 1 heterocycles. The van der Waals surface area contributed by atoms with Crippen LogP contribution >= 0.6 is 0 Å². The van der Waals surface area contributed by atoms with Gasteiger partial charge in [0.2, 0.25) is 6.29 Å². The minimum absolute atomic E-state index is 0.240. The third kappa shape index (κ3) is 1.99. The van der Waals surface area contributed by atoms with Crippen LogP contribution in [0.15, 0.2) is 0 Å². The first-order chi connectivity index (χ1) is 4.68. The number of carbonyl (C=O) groups is 1. The van der Waals surface area contributed by atoms with Crippen molar-refractivity contribution in [3.63, 3.8) is 0 Å². The summed E-state index contributed by atoms with van der Waals surface area (Å²) in [5.41, 5.74) is 0. The van der Waals surface area contributed by atoms with Gasteiger partial charge in [0.25, 0.3) is 0 Å². The molecule has 58 valence electrons. The molecule has 0 aromatic heterocycles. The van der Waals surface area contributed by atoms with Gasteiger partial charge in [-0.15, -0.1) is 0 Å². The number of ether oxygens (including phenoxy) is 2. The molecule has 0 amide bonds. The zero-order valence-corrected chi connectivity index (χ0v) is 6.29. The third-order valence-electron chi connectivity index (χ3n) is 1.49. The fraction of sp³-hybridized carbons (Fsp3) is 0.857. The summed E-state index contributed by atoms with van der Waals surface area (Å²) < 4.78 is 10.0. The first kappa shape index (κ1) is 7.54. The summed E-state index contributed by atoms with van der Waals surface area (Å²) >= 11 is 0. The van der Waals surface area contributed by atoms with Crippen LogP contribution in [0.1, 0.15) is 26.7 Å². The van der Waals surface area contributed by atoms with Gasteiger partial charge >= 0.3 is 5.97 Å². The van der Waals surface area contributed by atoms with Crippen LogP contribution in [-0.4, -0.2) is 18.4 Å². The van der Waals surface area contributed by atoms with Crippen molar-refractivity contribution in [3.05, 3.63) is 0 Å². The lowest BCUT2D eigenvalue weighted by atomic mass is 10.3. The van der Waals surface area contributed by atoms with Crippen molar-refractivity contribution in [3.8, 4) is 0 Å². The van der Waals surface area contributed by atoms with Gasteiger partial charge < -0.3 is 9.47 Å². The summed E-state index contributed by atoms with van der Waals surface area (Å²) in [6.45, 7) is 3.37. The first-order valence-electron chi connectivity index (χ1n) is 3.51. The Labute approximate surface area is 60.3 Å². The molecule has 0 radical (unpaired) electrons. The standard InChI is InChI=1S/C7H12O3/c1-5-3-4-7(9-5)10-6(2)8/h5,7H,3-4H2,1-2H3/t5-,7-/m1/s1. The highest BCUT2D eigenvalue weighted by Crippen LogP contribution is 2.19. The molecular formula is C7H12O3. The zero-order valence-electron chi connectivity index (χ0n) is 6.29. The van der Waals surface area contributed by atoms with E-state index in [1.54, 1.807) is 0 Å². The highest BCUT2D eigenvalue weighted by molar-refractivity contribution is 5.66. The summed E-state index contributed by atoms with van der Waals surface area (Å²) in [5, 5.41) is 0. The summed E-state index contributed by atoms with van der Waals surface area (Å²) in [6.07, 6.45) is 1.77. The van der Waals surface area contributed by atoms with E-state index in [9.17, 15) is 4.79 Å². The lowest BCUT2D eigenvalue weighted by Gasteiger charge is -2.09. The van der Waals surface area contributed by atoms with Crippen molar-refractivity contribution >= 4 is 5.97 Å². The van der Waals surface area contributed by atoms with Crippen molar-refractivity contribution in [2.24, 2.45) is 0 Å². The fourth-order valence-corrected chi connectivity index (χ4v) is 1.04. The molecule has 1 saturated heterocycles. The Morgan fingerprint density at radius 2 is 2.30 bits per heavy atom. The number of esters is 1. The highest BCUT2D eigenvalue weighted by Gasteiger charge is 2.23. The fourth-order valence-electron chi connectivity index (χ4n) is 1.04. The van der Waals surface area contributed by atoms with E-state index in [-0.39, 0.29) is 18.4 Å². The van der Waals surface area contributed by atoms with Crippen molar-refractivity contribution in [1.29, 1.82) is 0 Å². The minimum atomic E-state index is -0.285. The molecule has 1 aliphatic rings. The van der Waals surface area contributed by atoms with Gasteiger partial charge in [-0.25, -0.2) is 0 Å². The quantitative estimate of drug-likeness (QED) is 0.516. The zero-order chi connectivity index (χ0) is 7.56. The molecule has 3 nitrogen and oxygen atoms in total. The van der Waals surface area contributed by atoms with Crippen LogP contribution in [0.3, 0.4) is 0 Å². The maximum Gasteiger partial charge on any atom is 0.304 e. The molecule has 1 fully saturated rings. The Balaban J connectivity index is 2.24. The van der Waals surface area contributed by atoms with E-state index in [1.807, 2.05) is 6.92 Å². The molecule has 10 heavy (non-hydrogen) atoms. The lowest BCUT2D eigenvalue weighted by Crippen LogP contribution is -2.15. The summed E-state index contributed by atoms with van der Waals surface area (Å²) in [6, 6.07) is 0. The second-order valence-corrected chi connectivity index (χ2v) is 2.56. The van der Waals surface area contributed by atoms with Crippen molar-refractivity contribution < 1.29 is 14.3 Å². The lowest BCUT2D eigenvalue weighted by molar-refractivity contribution is -0.171. The molecule has 0 spiro atoms. The maximum absolute atomic E-state index is 10.4. The molecule has 0 aliphatic carbocycles. The van der Waals surface area contributed by atoms with Crippen LogP contribution < -0.4 is 0 Å². The monoisotopic (exact) mass is 144 g/mol. The van der Waals surface area contributed by atoms with Crippen LogP contribution in [0.25, 0.3) is 0 Å². The molecule has 0 aromatic carbocycles. The van der Waals surface area contributed by atoms with Gasteiger partial charge in [0.05, 0.1) is 6.10 Å². The molecular weight excluding hydrogens is 132 g/mol. The molecule has 0 saturated carbocycles. The van der Waals surface area contributed by atoms with Crippen LogP contribution in [0, 0.1) is 0 Å². The Kier molecular flexibility index (Phi) is 2.27. The molecule has 1 rings (SSSR count). The average molecular weight is 144 g/mol. The van der Waals surface area contributed by atoms with Crippen LogP contribution in [0.4, 0.5) is 0 Å². The summed E-state index contributed by atoms with van der Waals surface area (Å²) in [7, 11) is 0. The second-order valence-electron chi connectivity index (χ2n) is 2.56. The smallest absolute Gasteiger partial charge is 0.304 e. The average Bonchev–Trinajstić information content (AvgIpc) is 2.13. The minimum Gasteiger partial charge on any atom is -0.436 e. The Morgan fingerprint density at radius 3 is 2.70 bits per heavy atom. The van der Waals surface area contributed by atoms with E-state index in [2.05, 4.69) is 0 Å². The SMILES string of the molecule is CC(=O)O[C@@H]1CC[C@@H](C)O1. The van der Waals surface area contributed by atoms with Gasteiger partial charge in [0, 0.05) is 13.3 Å². The van der Waals surface area contributed by atoms with Crippen molar-refractivity contribution in [2.45, 2.75) is 39.1 Å². The van der Waals surface area contributed by atoms with E-state index < -0.39 is 0 Å². The van der Waals surface area contributed by atoms with Gasteiger partial charge in [0.1, 0.15) is 0 Å². The first-order valence-corrected chi connectivity index (χ1v) is 3.51. The Bertz CT molecular complexity index is 133. The second kappa shape index (κ2) is 3.01. The summed E-state index contributed by atoms with van der Waals surface area (Å²) in [4.78, 5) is 10.4. The van der Waals surface area contributed by atoms with Gasteiger partial charge in [-0.05, 0) is 13.3 Å². The van der Waals surface area contributed by atoms with E-state index in [0.717, 1.165) is 12.8 Å². The molecule has 2 atom stereocenters. The van der Waals surface area contributed by atoms with Crippen LogP contribution in [0.2, 0.25) is 0 Å². The molecule has 0 unspecified atom stereocenters. The van der Waals surface area contributed by atoms with Gasteiger partial charge in [-0.2, -0.15) is 0 Å². The van der Waals surface area contributed by atoms with Gasteiger partial charge in [-0.1, -0.05) is 0 Å². The Morgan fingerprint density at radius 1 is 1.60 bits per heavy atom. The number of carbonyl (C=O) groups excluding carboxylic acids is 1. The maximum atomic E-state index is 10.4. The predicted octanol–water partition coefficient (Wildman–Crippen LogP) is 1.07. The number of hydrogen-bond acceptors (Lipinski definition) is 3. The van der Waals surface area contributed by atoms with Crippen molar-refractivity contribution in [1.82, 2.24) is 0 Å². The molecule has 0 N–H and O–H groups in total. The molecule has 3 heteroatoms. The number of hydrogen-bond donors (Lipinski definition) is 0. The topological polar surface area (TPSA) is 35.5 Å². The predicted molar refractivity (Wildman–Crippen MR) is 35.3 cm³/mol. The van der Waals surface area contributed by atoms with Gasteiger partial charge in [-0.3, -0.25) is 4.79 Å². The van der Waals surface area contributed by atoms with Gasteiger partial charge in [0.15, 0.2) is 0 Å². The Hall–Kier alpha value is -0.570.